The van der Waals surface area contributed by atoms with Crippen LogP contribution in [0, 0.1) is 0 Å². The van der Waals surface area contributed by atoms with Crippen LogP contribution in [-0.4, -0.2) is 31.4 Å². The molecule has 0 saturated carbocycles. The van der Waals surface area contributed by atoms with Gasteiger partial charge in [0.2, 0.25) is 0 Å². The summed E-state index contributed by atoms with van der Waals surface area (Å²) >= 11 is 3.56. The normalized spacial score (nSPS) is 10.9. The lowest BCUT2D eigenvalue weighted by Gasteiger charge is -2.30. The molecule has 96 valence electrons. The van der Waals surface area contributed by atoms with Crippen LogP contribution in [0.15, 0.2) is 22.7 Å². The van der Waals surface area contributed by atoms with Crippen LogP contribution in [0.2, 0.25) is 0 Å². The van der Waals surface area contributed by atoms with Gasteiger partial charge in [0.25, 0.3) is 0 Å². The summed E-state index contributed by atoms with van der Waals surface area (Å²) in [5.74, 6) is 0. The van der Waals surface area contributed by atoms with Gasteiger partial charge in [-0.2, -0.15) is 0 Å². The molecule has 17 heavy (non-hydrogen) atoms. The zero-order valence-electron chi connectivity index (χ0n) is 10.6. The first-order chi connectivity index (χ1) is 8.10. The van der Waals surface area contributed by atoms with Gasteiger partial charge in [0, 0.05) is 24.2 Å². The molecule has 0 aliphatic carbocycles. The van der Waals surface area contributed by atoms with Gasteiger partial charge in [-0.1, -0.05) is 6.07 Å². The van der Waals surface area contributed by atoms with Crippen molar-refractivity contribution < 1.29 is 9.84 Å². The van der Waals surface area contributed by atoms with E-state index in [0.717, 1.165) is 22.3 Å². The molecule has 1 rings (SSSR count). The number of aliphatic hydroxyl groups is 1. The Morgan fingerprint density at radius 1 is 1.41 bits per heavy atom. The van der Waals surface area contributed by atoms with E-state index in [-0.39, 0.29) is 6.61 Å². The number of methoxy groups -OCH3 is 1. The Hall–Kier alpha value is -0.580. The fourth-order valence-corrected chi connectivity index (χ4v) is 2.38. The molecule has 0 heterocycles. The Morgan fingerprint density at radius 2 is 2.12 bits per heavy atom. The van der Waals surface area contributed by atoms with Gasteiger partial charge < -0.3 is 14.7 Å². The van der Waals surface area contributed by atoms with Crippen LogP contribution < -0.4 is 4.90 Å². The lowest BCUT2D eigenvalue weighted by molar-refractivity contribution is 0.204. The Kier molecular flexibility index (Phi) is 5.95. The van der Waals surface area contributed by atoms with Crippen molar-refractivity contribution in [2.24, 2.45) is 0 Å². The maximum absolute atomic E-state index is 9.09. The molecule has 0 radical (unpaired) electrons. The molecule has 0 saturated heterocycles. The number of hydrogen-bond acceptors (Lipinski definition) is 3. The monoisotopic (exact) mass is 301 g/mol. The van der Waals surface area contributed by atoms with Crippen molar-refractivity contribution in [2.45, 2.75) is 26.5 Å². The molecule has 0 aromatic heterocycles. The van der Waals surface area contributed by atoms with Crippen molar-refractivity contribution in [3.05, 3.63) is 28.2 Å². The highest BCUT2D eigenvalue weighted by Gasteiger charge is 2.13. The van der Waals surface area contributed by atoms with E-state index in [1.165, 1.54) is 0 Å². The lowest BCUT2D eigenvalue weighted by atomic mass is 10.2. The first-order valence-electron chi connectivity index (χ1n) is 5.75. The molecule has 4 heteroatoms. The highest BCUT2D eigenvalue weighted by Crippen LogP contribution is 2.28. The molecule has 1 aromatic rings. The van der Waals surface area contributed by atoms with E-state index in [2.05, 4.69) is 34.7 Å². The Bertz CT molecular complexity index is 355. The van der Waals surface area contributed by atoms with Crippen molar-refractivity contribution in [3.8, 4) is 0 Å². The van der Waals surface area contributed by atoms with Crippen molar-refractivity contribution >= 4 is 21.6 Å². The molecule has 0 spiro atoms. The summed E-state index contributed by atoms with van der Waals surface area (Å²) in [7, 11) is 1.71. The minimum absolute atomic E-state index is 0.0681. The van der Waals surface area contributed by atoms with Gasteiger partial charge in [-0.25, -0.2) is 0 Å². The number of hydrogen-bond donors (Lipinski definition) is 1. The quantitative estimate of drug-likeness (QED) is 0.877. The Morgan fingerprint density at radius 3 is 2.59 bits per heavy atom. The summed E-state index contributed by atoms with van der Waals surface area (Å²) in [6.45, 7) is 5.93. The summed E-state index contributed by atoms with van der Waals surface area (Å²) in [4.78, 5) is 2.27. The smallest absolute Gasteiger partial charge is 0.0682 e. The number of ether oxygens (including phenoxy) is 1. The minimum atomic E-state index is 0.0681. The van der Waals surface area contributed by atoms with Crippen LogP contribution in [-0.2, 0) is 11.3 Å². The fourth-order valence-electron chi connectivity index (χ4n) is 1.73. The van der Waals surface area contributed by atoms with E-state index in [1.807, 2.05) is 18.2 Å². The van der Waals surface area contributed by atoms with E-state index >= 15 is 0 Å². The van der Waals surface area contributed by atoms with Crippen LogP contribution in [0.1, 0.15) is 19.4 Å². The lowest BCUT2D eigenvalue weighted by Crippen LogP contribution is -2.34. The van der Waals surface area contributed by atoms with Crippen molar-refractivity contribution in [1.29, 1.82) is 0 Å². The second-order valence-corrected chi connectivity index (χ2v) is 5.08. The third-order valence-corrected chi connectivity index (χ3v) is 3.30. The first-order valence-corrected chi connectivity index (χ1v) is 6.54. The molecular weight excluding hydrogens is 282 g/mol. The van der Waals surface area contributed by atoms with Gasteiger partial charge in [0.05, 0.1) is 18.9 Å². The van der Waals surface area contributed by atoms with Crippen LogP contribution >= 0.6 is 15.9 Å². The summed E-state index contributed by atoms with van der Waals surface area (Å²) < 4.78 is 6.14. The summed E-state index contributed by atoms with van der Waals surface area (Å²) in [5.41, 5.74) is 2.05. The average molecular weight is 302 g/mol. The van der Waals surface area contributed by atoms with Crippen molar-refractivity contribution in [1.82, 2.24) is 0 Å². The number of benzene rings is 1. The van der Waals surface area contributed by atoms with Crippen LogP contribution in [0.3, 0.4) is 0 Å². The van der Waals surface area contributed by atoms with E-state index in [1.54, 1.807) is 7.11 Å². The molecule has 0 aliphatic rings. The molecule has 0 amide bonds. The largest absolute Gasteiger partial charge is 0.392 e. The molecular formula is C13H20BrNO2. The number of rotatable bonds is 6. The minimum Gasteiger partial charge on any atom is -0.392 e. The topological polar surface area (TPSA) is 32.7 Å². The zero-order chi connectivity index (χ0) is 12.8. The van der Waals surface area contributed by atoms with Gasteiger partial charge in [-0.15, -0.1) is 0 Å². The summed E-state index contributed by atoms with van der Waals surface area (Å²) in [5, 5.41) is 9.09. The Balaban J connectivity index is 2.93. The molecule has 0 bridgehead atoms. The fraction of sp³-hybridized carbons (Fsp3) is 0.538. The number of anilines is 1. The van der Waals surface area contributed by atoms with Gasteiger partial charge >= 0.3 is 0 Å². The SMILES string of the molecule is COCCN(c1ccc(CO)cc1Br)C(C)C. The predicted octanol–water partition coefficient (Wildman–Crippen LogP) is 2.80. The van der Waals surface area contributed by atoms with E-state index in [9.17, 15) is 0 Å². The number of nitrogens with zero attached hydrogens (tertiary/aromatic N) is 1. The molecule has 0 aliphatic heterocycles. The third-order valence-electron chi connectivity index (χ3n) is 2.66. The molecule has 1 N–H and O–H groups in total. The van der Waals surface area contributed by atoms with E-state index in [4.69, 9.17) is 9.84 Å². The standard InChI is InChI=1S/C13H20BrNO2/c1-10(2)15(6-7-17-3)13-5-4-11(9-16)8-12(13)14/h4-5,8,10,16H,6-7,9H2,1-3H3. The highest BCUT2D eigenvalue weighted by molar-refractivity contribution is 9.10. The van der Waals surface area contributed by atoms with E-state index < -0.39 is 0 Å². The molecule has 0 fully saturated rings. The second kappa shape index (κ2) is 6.99. The summed E-state index contributed by atoms with van der Waals surface area (Å²) in [6.07, 6.45) is 0. The molecule has 1 aromatic carbocycles. The van der Waals surface area contributed by atoms with Crippen LogP contribution in [0.4, 0.5) is 5.69 Å². The van der Waals surface area contributed by atoms with Gasteiger partial charge in [0.15, 0.2) is 0 Å². The van der Waals surface area contributed by atoms with Gasteiger partial charge in [-0.05, 0) is 47.5 Å². The highest BCUT2D eigenvalue weighted by atomic mass is 79.9. The maximum atomic E-state index is 9.09. The average Bonchev–Trinajstić information content (AvgIpc) is 2.30. The molecule has 0 atom stereocenters. The van der Waals surface area contributed by atoms with Crippen LogP contribution in [0.25, 0.3) is 0 Å². The number of aliphatic hydroxyl groups excluding tert-OH is 1. The van der Waals surface area contributed by atoms with Crippen molar-refractivity contribution in [3.63, 3.8) is 0 Å². The summed E-state index contributed by atoms with van der Waals surface area (Å²) in [6, 6.07) is 6.34. The van der Waals surface area contributed by atoms with Crippen LogP contribution in [0.5, 0.6) is 0 Å². The number of halogens is 1. The molecule has 0 unspecified atom stereocenters. The Labute approximate surface area is 112 Å². The van der Waals surface area contributed by atoms with Gasteiger partial charge in [0.1, 0.15) is 0 Å². The first kappa shape index (κ1) is 14.5. The zero-order valence-corrected chi connectivity index (χ0v) is 12.2. The predicted molar refractivity (Wildman–Crippen MR) is 74.4 cm³/mol. The van der Waals surface area contributed by atoms with Crippen molar-refractivity contribution in [2.75, 3.05) is 25.2 Å². The second-order valence-electron chi connectivity index (χ2n) is 4.22. The van der Waals surface area contributed by atoms with E-state index in [0.29, 0.717) is 12.6 Å². The maximum Gasteiger partial charge on any atom is 0.0682 e. The molecule has 3 nitrogen and oxygen atoms in total. The third kappa shape index (κ3) is 3.98. The van der Waals surface area contributed by atoms with Gasteiger partial charge in [-0.3, -0.25) is 0 Å².